The second-order valence-corrected chi connectivity index (χ2v) is 10.6. The van der Waals surface area contributed by atoms with Crippen molar-refractivity contribution in [2.45, 2.75) is 10.2 Å². The second-order valence-electron chi connectivity index (χ2n) is 6.95. The number of anilines is 1. The van der Waals surface area contributed by atoms with Crippen molar-refractivity contribution in [1.82, 2.24) is 28.8 Å². The first-order chi connectivity index (χ1) is 14.9. The fraction of sp³-hybridized carbons (Fsp3) is 0.235. The molecular formula is C17H19N7O6S2. The van der Waals surface area contributed by atoms with Gasteiger partial charge in [0.25, 0.3) is 15.2 Å². The molecule has 0 unspecified atom stereocenters. The Balaban J connectivity index is 1.88. The van der Waals surface area contributed by atoms with E-state index in [4.69, 9.17) is 0 Å². The van der Waals surface area contributed by atoms with Crippen LogP contribution < -0.4 is 9.03 Å². The van der Waals surface area contributed by atoms with Gasteiger partial charge in [-0.05, 0) is 19.2 Å². The molecule has 0 aliphatic carbocycles. The van der Waals surface area contributed by atoms with Crippen LogP contribution >= 0.6 is 0 Å². The third kappa shape index (κ3) is 3.12. The van der Waals surface area contributed by atoms with Crippen LogP contribution in [-0.4, -0.2) is 65.2 Å². The number of pyridine rings is 1. The molecule has 0 aliphatic rings. The lowest BCUT2D eigenvalue weighted by Crippen LogP contribution is -2.29. The van der Waals surface area contributed by atoms with Crippen LogP contribution in [0.3, 0.4) is 0 Å². The zero-order chi connectivity index (χ0) is 23.6. The monoisotopic (exact) mass is 481 g/mol. The van der Waals surface area contributed by atoms with Gasteiger partial charge in [-0.1, -0.05) is 0 Å². The van der Waals surface area contributed by atoms with E-state index in [0.29, 0.717) is 5.39 Å². The second kappa shape index (κ2) is 7.04. The molecule has 0 amide bonds. The Labute approximate surface area is 182 Å². The molecule has 4 aromatic heterocycles. The van der Waals surface area contributed by atoms with Gasteiger partial charge in [-0.15, -0.1) is 0 Å². The van der Waals surface area contributed by atoms with Gasteiger partial charge in [0, 0.05) is 33.4 Å². The van der Waals surface area contributed by atoms with E-state index in [1.807, 2.05) is 0 Å². The van der Waals surface area contributed by atoms with Gasteiger partial charge in [-0.25, -0.2) is 18.1 Å². The quantitative estimate of drug-likeness (QED) is 0.332. The summed E-state index contributed by atoms with van der Waals surface area (Å²) in [5, 5.41) is 19.9. The van der Waals surface area contributed by atoms with E-state index in [1.165, 1.54) is 36.3 Å². The smallest absolute Gasteiger partial charge is 0.301 e. The Morgan fingerprint density at radius 3 is 2.34 bits per heavy atom. The van der Waals surface area contributed by atoms with Gasteiger partial charge in [0.15, 0.2) is 5.03 Å². The summed E-state index contributed by atoms with van der Waals surface area (Å²) in [6.45, 7) is 0. The van der Waals surface area contributed by atoms with Crippen LogP contribution in [0.1, 0.15) is 0 Å². The first-order valence-electron chi connectivity index (χ1n) is 9.02. The Hall–Kier alpha value is -3.43. The molecule has 0 atom stereocenters. The molecule has 0 saturated carbocycles. The molecule has 170 valence electrons. The Kier molecular flexibility index (Phi) is 4.80. The minimum atomic E-state index is -4.35. The van der Waals surface area contributed by atoms with Gasteiger partial charge in [-0.2, -0.15) is 18.4 Å². The molecule has 32 heavy (non-hydrogen) atoms. The summed E-state index contributed by atoms with van der Waals surface area (Å²) in [4.78, 5) is 11.9. The fourth-order valence-electron chi connectivity index (χ4n) is 3.24. The number of fused-ring (bicyclic) bond motifs is 2. The van der Waals surface area contributed by atoms with Crippen LogP contribution in [-0.2, 0) is 34.1 Å². The third-order valence-corrected chi connectivity index (χ3v) is 7.92. The fourth-order valence-corrected chi connectivity index (χ4v) is 4.99. The topological polar surface area (TPSA) is 173 Å². The van der Waals surface area contributed by atoms with Crippen molar-refractivity contribution in [3.63, 3.8) is 0 Å². The van der Waals surface area contributed by atoms with E-state index in [1.54, 1.807) is 19.3 Å². The summed E-state index contributed by atoms with van der Waals surface area (Å²) in [5.41, 5.74) is 0.264. The number of aryl methyl sites for hydroxylation is 2. The molecule has 0 radical (unpaired) electrons. The summed E-state index contributed by atoms with van der Waals surface area (Å²) in [6, 6.07) is 3.86. The van der Waals surface area contributed by atoms with Crippen LogP contribution in [0.4, 0.5) is 5.82 Å². The maximum absolute atomic E-state index is 13.2. The van der Waals surface area contributed by atoms with Crippen LogP contribution in [0, 0.1) is 0 Å². The molecule has 0 bridgehead atoms. The largest absolute Gasteiger partial charge is 0.507 e. The standard InChI is InChI=1S/C17H19N7O6S2/c1-18-31(27,28)12-8-11(25)10-7-13(23(3)15(10)19-12)24(4)32(29,30)17-20-14-9(16(26)21-17)5-6-22(14)2/h5-8,18H,1-4H3,(H,19,25)(H,20,21,26). The molecule has 0 aliphatic heterocycles. The summed E-state index contributed by atoms with van der Waals surface area (Å²) in [7, 11) is -2.76. The highest BCUT2D eigenvalue weighted by atomic mass is 32.2. The van der Waals surface area contributed by atoms with Crippen LogP contribution in [0.15, 0.2) is 34.6 Å². The molecule has 4 aromatic rings. The predicted octanol–water partition coefficient (Wildman–Crippen LogP) is -0.000600. The van der Waals surface area contributed by atoms with Crippen molar-refractivity contribution < 1.29 is 27.0 Å². The number of nitrogens with zero attached hydrogens (tertiary/aromatic N) is 6. The predicted molar refractivity (Wildman–Crippen MR) is 114 cm³/mol. The summed E-state index contributed by atoms with van der Waals surface area (Å²) in [6.07, 6.45) is 1.61. The number of nitrogens with one attached hydrogen (secondary N) is 1. The van der Waals surface area contributed by atoms with E-state index in [-0.39, 0.29) is 22.5 Å². The minimum absolute atomic E-state index is 0.0394. The third-order valence-electron chi connectivity index (χ3n) is 5.07. The number of aromatic nitrogens is 5. The van der Waals surface area contributed by atoms with Crippen molar-refractivity contribution >= 4 is 47.9 Å². The highest BCUT2D eigenvalue weighted by Gasteiger charge is 2.30. The maximum atomic E-state index is 13.2. The van der Waals surface area contributed by atoms with Crippen molar-refractivity contribution in [3.8, 4) is 11.6 Å². The molecule has 4 rings (SSSR count). The molecule has 0 spiro atoms. The van der Waals surface area contributed by atoms with Crippen molar-refractivity contribution in [3.05, 3.63) is 24.4 Å². The summed E-state index contributed by atoms with van der Waals surface area (Å²) >= 11 is 0. The number of aromatic hydroxyl groups is 2. The van der Waals surface area contributed by atoms with E-state index in [0.717, 1.165) is 10.4 Å². The van der Waals surface area contributed by atoms with Gasteiger partial charge in [0.1, 0.15) is 22.9 Å². The average Bonchev–Trinajstić information content (AvgIpc) is 3.28. The molecule has 0 aromatic carbocycles. The Morgan fingerprint density at radius 2 is 1.69 bits per heavy atom. The van der Waals surface area contributed by atoms with Crippen LogP contribution in [0.25, 0.3) is 22.1 Å². The first kappa shape index (κ1) is 21.8. The van der Waals surface area contributed by atoms with Crippen molar-refractivity contribution in [2.24, 2.45) is 14.1 Å². The van der Waals surface area contributed by atoms with E-state index in [2.05, 4.69) is 19.7 Å². The van der Waals surface area contributed by atoms with E-state index >= 15 is 0 Å². The first-order valence-corrected chi connectivity index (χ1v) is 11.9. The molecule has 0 saturated heterocycles. The number of hydrogen-bond acceptors (Lipinski definition) is 9. The van der Waals surface area contributed by atoms with Gasteiger partial charge in [-0.3, -0.25) is 4.31 Å². The molecule has 0 fully saturated rings. The van der Waals surface area contributed by atoms with Crippen molar-refractivity contribution in [1.29, 1.82) is 0 Å². The molecule has 15 heteroatoms. The van der Waals surface area contributed by atoms with Crippen molar-refractivity contribution in [2.75, 3.05) is 18.4 Å². The number of rotatable bonds is 5. The van der Waals surface area contributed by atoms with E-state index in [9.17, 15) is 27.0 Å². The zero-order valence-corrected chi connectivity index (χ0v) is 19.0. The minimum Gasteiger partial charge on any atom is -0.507 e. The average molecular weight is 482 g/mol. The van der Waals surface area contributed by atoms with Gasteiger partial charge >= 0.3 is 10.0 Å². The van der Waals surface area contributed by atoms with Crippen LogP contribution in [0.5, 0.6) is 11.6 Å². The number of sulfonamides is 2. The molecule has 3 N–H and O–H groups in total. The SMILES string of the molecule is CNS(=O)(=O)c1cc(O)c2cc(N(C)S(=O)(=O)c3nc(O)c4ccn(C)c4n3)n(C)c2n1. The Bertz CT molecular complexity index is 1610. The lowest BCUT2D eigenvalue weighted by atomic mass is 10.3. The maximum Gasteiger partial charge on any atom is 0.301 e. The highest BCUT2D eigenvalue weighted by molar-refractivity contribution is 7.92. The molecular weight excluding hydrogens is 462 g/mol. The number of hydrogen-bond donors (Lipinski definition) is 3. The summed E-state index contributed by atoms with van der Waals surface area (Å²) in [5.74, 6) is -0.826. The lowest BCUT2D eigenvalue weighted by Gasteiger charge is -2.18. The Morgan fingerprint density at radius 1 is 1.00 bits per heavy atom. The normalized spacial score (nSPS) is 12.6. The van der Waals surface area contributed by atoms with Gasteiger partial charge < -0.3 is 19.3 Å². The van der Waals surface area contributed by atoms with Gasteiger partial charge in [0.2, 0.25) is 5.88 Å². The molecule has 4 heterocycles. The van der Waals surface area contributed by atoms with Gasteiger partial charge in [0.05, 0.1) is 10.8 Å². The summed E-state index contributed by atoms with van der Waals surface area (Å²) < 4.78 is 56.4. The van der Waals surface area contributed by atoms with E-state index < -0.39 is 41.9 Å². The highest BCUT2D eigenvalue weighted by Crippen LogP contribution is 2.34. The van der Waals surface area contributed by atoms with Crippen LogP contribution in [0.2, 0.25) is 0 Å². The lowest BCUT2D eigenvalue weighted by molar-refractivity contribution is 0.451. The zero-order valence-electron chi connectivity index (χ0n) is 17.3. The molecule has 13 nitrogen and oxygen atoms in total.